The van der Waals surface area contributed by atoms with Crippen LogP contribution >= 0.6 is 0 Å². The summed E-state index contributed by atoms with van der Waals surface area (Å²) in [6.45, 7) is 17.2. The lowest BCUT2D eigenvalue weighted by atomic mass is 9.62. The topological polar surface area (TPSA) is 44.8 Å². The fourth-order valence-electron chi connectivity index (χ4n) is 6.02. The number of ketones is 1. The highest BCUT2D eigenvalue weighted by Gasteiger charge is 2.53. The van der Waals surface area contributed by atoms with Gasteiger partial charge in [0, 0.05) is 11.1 Å². The first-order valence-corrected chi connectivity index (χ1v) is 12.0. The van der Waals surface area contributed by atoms with E-state index >= 15 is 0 Å². The molecule has 32 heavy (non-hydrogen) atoms. The minimum absolute atomic E-state index is 0.179. The van der Waals surface area contributed by atoms with Gasteiger partial charge in [0.15, 0.2) is 5.78 Å². The molecule has 0 radical (unpaired) electrons. The lowest BCUT2D eigenvalue weighted by Crippen LogP contribution is -2.49. The Morgan fingerprint density at radius 1 is 0.750 bits per heavy atom. The smallest absolute Gasteiger partial charge is 0.173 e. The van der Waals surface area contributed by atoms with Crippen LogP contribution in [-0.2, 0) is 22.4 Å². The molecule has 4 heteroatoms. The second-order valence-corrected chi connectivity index (χ2v) is 11.5. The van der Waals surface area contributed by atoms with Gasteiger partial charge in [0.05, 0.1) is 5.41 Å². The zero-order chi connectivity index (χ0) is 23.2. The molecule has 0 saturated heterocycles. The van der Waals surface area contributed by atoms with Gasteiger partial charge in [-0.3, -0.25) is 4.79 Å². The molecule has 5 rings (SSSR count). The van der Waals surface area contributed by atoms with Crippen molar-refractivity contribution < 1.29 is 19.0 Å². The summed E-state index contributed by atoms with van der Waals surface area (Å²) in [4.78, 5) is 13.9. The van der Waals surface area contributed by atoms with Crippen molar-refractivity contribution in [2.24, 2.45) is 5.41 Å². The molecule has 0 N–H and O–H groups in total. The summed E-state index contributed by atoms with van der Waals surface area (Å²) >= 11 is 0. The lowest BCUT2D eigenvalue weighted by molar-refractivity contribution is -0.126. The first-order valence-electron chi connectivity index (χ1n) is 12.0. The van der Waals surface area contributed by atoms with Crippen LogP contribution in [0.5, 0.6) is 11.5 Å². The second kappa shape index (κ2) is 6.65. The molecule has 0 fully saturated rings. The van der Waals surface area contributed by atoms with Gasteiger partial charge in [-0.1, -0.05) is 0 Å². The number of carbonyl (C=O) groups is 1. The van der Waals surface area contributed by atoms with E-state index in [4.69, 9.17) is 14.2 Å². The molecule has 1 aromatic rings. The van der Waals surface area contributed by atoms with Crippen molar-refractivity contribution in [1.29, 1.82) is 0 Å². The Hall–Kier alpha value is -2.23. The van der Waals surface area contributed by atoms with Crippen molar-refractivity contribution in [3.05, 3.63) is 44.7 Å². The number of carbonyl (C=O) groups excluding carboxylic acids is 1. The average molecular weight is 437 g/mol. The molecule has 0 saturated carbocycles. The molecule has 3 heterocycles. The summed E-state index contributed by atoms with van der Waals surface area (Å²) in [5.41, 5.74) is 6.55. The molecular formula is C28H36O4. The van der Waals surface area contributed by atoms with Gasteiger partial charge in [0.1, 0.15) is 35.1 Å². The van der Waals surface area contributed by atoms with E-state index in [0.29, 0.717) is 13.0 Å². The molecular weight excluding hydrogens is 400 g/mol. The number of rotatable bonds is 0. The lowest BCUT2D eigenvalue weighted by Gasteiger charge is -2.48. The Morgan fingerprint density at radius 3 is 2.09 bits per heavy atom. The Labute approximate surface area is 192 Å². The predicted octanol–water partition coefficient (Wildman–Crippen LogP) is 6.09. The average Bonchev–Trinajstić information content (AvgIpc) is 2.73. The Balaban J connectivity index is 1.69. The minimum atomic E-state index is -0.676. The zero-order valence-electron chi connectivity index (χ0n) is 20.9. The van der Waals surface area contributed by atoms with E-state index < -0.39 is 5.41 Å². The number of ether oxygens (including phenoxy) is 3. The van der Waals surface area contributed by atoms with Gasteiger partial charge in [-0.15, -0.1) is 0 Å². The molecule has 1 aliphatic carbocycles. The Bertz CT molecular complexity index is 1110. The maximum atomic E-state index is 13.9. The molecule has 172 valence electrons. The highest BCUT2D eigenvalue weighted by Crippen LogP contribution is 2.55. The number of fused-ring (bicyclic) bond motifs is 4. The molecule has 0 amide bonds. The molecule has 4 nitrogen and oxygen atoms in total. The van der Waals surface area contributed by atoms with E-state index in [2.05, 4.69) is 41.5 Å². The number of Topliss-reactive ketones (excluding diaryl/α,β-unsaturated/α-hetero) is 1. The van der Waals surface area contributed by atoms with E-state index in [-0.39, 0.29) is 17.0 Å². The zero-order valence-corrected chi connectivity index (χ0v) is 20.9. The number of hydrogen-bond donors (Lipinski definition) is 0. The number of allylic oxidation sites excluding steroid dienone is 2. The molecule has 1 aromatic carbocycles. The third-order valence-corrected chi connectivity index (χ3v) is 8.34. The number of hydrogen-bond acceptors (Lipinski definition) is 4. The van der Waals surface area contributed by atoms with Crippen molar-refractivity contribution in [2.45, 2.75) is 98.7 Å². The highest BCUT2D eigenvalue weighted by atomic mass is 16.5. The SMILES string of the molecule is CC1=C(C)C2=C(CCC(C)(C)O2)[C@@]2(COc3c(C)c(C)c4c(c3C2)CCC(C)(C)O4)C1=O. The summed E-state index contributed by atoms with van der Waals surface area (Å²) in [6, 6.07) is 0. The molecule has 0 bridgehead atoms. The van der Waals surface area contributed by atoms with Crippen LogP contribution in [0.25, 0.3) is 0 Å². The van der Waals surface area contributed by atoms with Crippen molar-refractivity contribution in [1.82, 2.24) is 0 Å². The molecule has 1 spiro atoms. The summed E-state index contributed by atoms with van der Waals surface area (Å²) in [6.07, 6.45) is 4.35. The van der Waals surface area contributed by atoms with E-state index in [1.54, 1.807) is 0 Å². The predicted molar refractivity (Wildman–Crippen MR) is 125 cm³/mol. The van der Waals surface area contributed by atoms with Gasteiger partial charge in [-0.2, -0.15) is 0 Å². The van der Waals surface area contributed by atoms with Crippen molar-refractivity contribution in [2.75, 3.05) is 6.61 Å². The highest BCUT2D eigenvalue weighted by molar-refractivity contribution is 6.05. The standard InChI is InChI=1S/C28H36O4/c1-15-16(2)23-19(9-11-26(5,6)31-23)20-13-28(14-30-22(15)20)21-10-12-27(7,8)32-24(21)17(3)18(4)25(28)29/h9-14H2,1-8H3/t28-/m1/s1. The third kappa shape index (κ3) is 2.90. The van der Waals surface area contributed by atoms with Crippen molar-refractivity contribution >= 4 is 5.78 Å². The molecule has 0 unspecified atom stereocenters. The van der Waals surface area contributed by atoms with Crippen LogP contribution in [0.15, 0.2) is 22.5 Å². The monoisotopic (exact) mass is 436 g/mol. The quantitative estimate of drug-likeness (QED) is 0.494. The summed E-state index contributed by atoms with van der Waals surface area (Å²) < 4.78 is 19.5. The first kappa shape index (κ1) is 21.6. The maximum absolute atomic E-state index is 13.9. The van der Waals surface area contributed by atoms with E-state index in [9.17, 15) is 4.79 Å². The van der Waals surface area contributed by atoms with Gasteiger partial charge in [-0.25, -0.2) is 0 Å². The third-order valence-electron chi connectivity index (χ3n) is 8.34. The van der Waals surface area contributed by atoms with Crippen LogP contribution in [0.2, 0.25) is 0 Å². The van der Waals surface area contributed by atoms with Crippen LogP contribution < -0.4 is 9.47 Å². The second-order valence-electron chi connectivity index (χ2n) is 11.5. The van der Waals surface area contributed by atoms with E-state index in [0.717, 1.165) is 70.8 Å². The number of benzene rings is 1. The van der Waals surface area contributed by atoms with Gasteiger partial charge in [0.2, 0.25) is 0 Å². The van der Waals surface area contributed by atoms with Crippen LogP contribution in [-0.4, -0.2) is 23.6 Å². The van der Waals surface area contributed by atoms with Crippen LogP contribution in [0, 0.1) is 19.3 Å². The van der Waals surface area contributed by atoms with Crippen molar-refractivity contribution in [3.8, 4) is 11.5 Å². The normalized spacial score (nSPS) is 27.8. The van der Waals surface area contributed by atoms with Crippen LogP contribution in [0.3, 0.4) is 0 Å². The van der Waals surface area contributed by atoms with Crippen molar-refractivity contribution in [3.63, 3.8) is 0 Å². The maximum Gasteiger partial charge on any atom is 0.173 e. The Morgan fingerprint density at radius 2 is 1.38 bits per heavy atom. The minimum Gasteiger partial charge on any atom is -0.492 e. The largest absolute Gasteiger partial charge is 0.492 e. The fourth-order valence-corrected chi connectivity index (χ4v) is 6.02. The van der Waals surface area contributed by atoms with Gasteiger partial charge in [-0.05, 0) is 115 Å². The van der Waals surface area contributed by atoms with Gasteiger partial charge < -0.3 is 14.2 Å². The van der Waals surface area contributed by atoms with Crippen LogP contribution in [0.4, 0.5) is 0 Å². The van der Waals surface area contributed by atoms with Crippen LogP contribution in [0.1, 0.15) is 83.1 Å². The van der Waals surface area contributed by atoms with E-state index in [1.807, 2.05) is 13.8 Å². The first-order chi connectivity index (χ1) is 14.9. The summed E-state index contributed by atoms with van der Waals surface area (Å²) in [5, 5.41) is 0. The molecule has 1 atom stereocenters. The van der Waals surface area contributed by atoms with Gasteiger partial charge >= 0.3 is 0 Å². The summed E-state index contributed by atoms with van der Waals surface area (Å²) in [5.74, 6) is 3.10. The molecule has 0 aromatic heterocycles. The summed E-state index contributed by atoms with van der Waals surface area (Å²) in [7, 11) is 0. The fraction of sp³-hybridized carbons (Fsp3) is 0.607. The molecule has 4 aliphatic rings. The van der Waals surface area contributed by atoms with E-state index in [1.165, 1.54) is 11.1 Å². The van der Waals surface area contributed by atoms with Gasteiger partial charge in [0.25, 0.3) is 0 Å². The molecule has 3 aliphatic heterocycles. The Kier molecular flexibility index (Phi) is 4.49.